The fraction of sp³-hybridized carbons (Fsp3) is 0.476. The van der Waals surface area contributed by atoms with E-state index in [2.05, 4.69) is 22.6 Å². The molecule has 6 heteroatoms. The third-order valence-corrected chi connectivity index (χ3v) is 4.97. The monoisotopic (exact) mass is 371 g/mol. The van der Waals surface area contributed by atoms with Crippen LogP contribution in [0.25, 0.3) is 6.20 Å². The van der Waals surface area contributed by atoms with Crippen LogP contribution in [0.3, 0.4) is 0 Å². The molecular weight excluding hydrogens is 342 g/mol. The van der Waals surface area contributed by atoms with Crippen LogP contribution in [0, 0.1) is 6.92 Å². The lowest BCUT2D eigenvalue weighted by Gasteiger charge is -2.26. The summed E-state index contributed by atoms with van der Waals surface area (Å²) >= 11 is 0. The highest BCUT2D eigenvalue weighted by molar-refractivity contribution is 5.40. The highest BCUT2D eigenvalue weighted by Gasteiger charge is 2.21. The van der Waals surface area contributed by atoms with Crippen molar-refractivity contribution in [2.45, 2.75) is 39.0 Å². The molecule has 0 amide bonds. The first kappa shape index (κ1) is 19.5. The van der Waals surface area contributed by atoms with E-state index in [-0.39, 0.29) is 6.10 Å². The molecule has 1 fully saturated rings. The Morgan fingerprint density at radius 1 is 1.30 bits per heavy atom. The second-order valence-corrected chi connectivity index (χ2v) is 6.88. The molecule has 2 heterocycles. The summed E-state index contributed by atoms with van der Waals surface area (Å²) in [6.07, 6.45) is 6.28. The van der Waals surface area contributed by atoms with Crippen molar-refractivity contribution < 1.29 is 14.2 Å². The van der Waals surface area contributed by atoms with E-state index in [0.717, 1.165) is 61.8 Å². The SMILES string of the molecule is C=Cn1cc(CN(Cc2ccc(OC)cc2OC)CC2CCCO2)c(C)n1. The largest absolute Gasteiger partial charge is 0.497 e. The van der Waals surface area contributed by atoms with E-state index in [0.29, 0.717) is 0 Å². The summed E-state index contributed by atoms with van der Waals surface area (Å²) in [5.41, 5.74) is 3.35. The number of ether oxygens (including phenoxy) is 3. The molecule has 0 N–H and O–H groups in total. The van der Waals surface area contributed by atoms with E-state index in [9.17, 15) is 0 Å². The maximum Gasteiger partial charge on any atom is 0.127 e. The summed E-state index contributed by atoms with van der Waals surface area (Å²) in [4.78, 5) is 2.40. The third kappa shape index (κ3) is 4.90. The molecule has 0 bridgehead atoms. The van der Waals surface area contributed by atoms with Gasteiger partial charge in [-0.3, -0.25) is 4.90 Å². The lowest BCUT2D eigenvalue weighted by molar-refractivity contribution is 0.0675. The Bertz CT molecular complexity index is 766. The van der Waals surface area contributed by atoms with Crippen molar-refractivity contribution in [3.05, 3.63) is 47.8 Å². The fourth-order valence-electron chi connectivity index (χ4n) is 3.49. The first-order valence-electron chi connectivity index (χ1n) is 9.35. The van der Waals surface area contributed by atoms with Crippen molar-refractivity contribution in [3.63, 3.8) is 0 Å². The zero-order valence-corrected chi connectivity index (χ0v) is 16.5. The van der Waals surface area contributed by atoms with E-state index in [4.69, 9.17) is 14.2 Å². The molecule has 0 spiro atoms. The quantitative estimate of drug-likeness (QED) is 0.675. The number of hydrogen-bond acceptors (Lipinski definition) is 5. The van der Waals surface area contributed by atoms with Gasteiger partial charge in [0.2, 0.25) is 0 Å². The molecule has 1 aliphatic heterocycles. The van der Waals surface area contributed by atoms with Crippen LogP contribution < -0.4 is 9.47 Å². The Labute approximate surface area is 161 Å². The van der Waals surface area contributed by atoms with Crippen LogP contribution in [0.2, 0.25) is 0 Å². The summed E-state index contributed by atoms with van der Waals surface area (Å²) < 4.78 is 18.5. The van der Waals surface area contributed by atoms with E-state index in [1.165, 1.54) is 5.56 Å². The summed E-state index contributed by atoms with van der Waals surface area (Å²) in [6, 6.07) is 5.98. The second-order valence-electron chi connectivity index (χ2n) is 6.88. The minimum atomic E-state index is 0.281. The molecule has 1 aromatic heterocycles. The molecule has 2 aromatic rings. The fourth-order valence-corrected chi connectivity index (χ4v) is 3.49. The smallest absolute Gasteiger partial charge is 0.127 e. The predicted molar refractivity (Wildman–Crippen MR) is 106 cm³/mol. The highest BCUT2D eigenvalue weighted by atomic mass is 16.5. The van der Waals surface area contributed by atoms with E-state index >= 15 is 0 Å². The molecule has 1 unspecified atom stereocenters. The second kappa shape index (κ2) is 9.06. The third-order valence-electron chi connectivity index (χ3n) is 4.97. The van der Waals surface area contributed by atoms with Gasteiger partial charge in [0.1, 0.15) is 11.5 Å². The van der Waals surface area contributed by atoms with Crippen LogP contribution in [-0.4, -0.2) is 48.2 Å². The molecule has 6 nitrogen and oxygen atoms in total. The first-order chi connectivity index (χ1) is 13.1. The van der Waals surface area contributed by atoms with Crippen LogP contribution in [0.5, 0.6) is 11.5 Å². The van der Waals surface area contributed by atoms with E-state index in [1.54, 1.807) is 25.1 Å². The van der Waals surface area contributed by atoms with Gasteiger partial charge in [-0.05, 0) is 25.8 Å². The molecule has 1 atom stereocenters. The van der Waals surface area contributed by atoms with Crippen molar-refractivity contribution in [2.24, 2.45) is 0 Å². The Hall–Kier alpha value is -2.31. The molecule has 146 valence electrons. The van der Waals surface area contributed by atoms with Gasteiger partial charge in [-0.1, -0.05) is 12.6 Å². The molecule has 1 saturated heterocycles. The Balaban J connectivity index is 1.80. The Morgan fingerprint density at radius 2 is 2.11 bits per heavy atom. The summed E-state index contributed by atoms with van der Waals surface area (Å²) in [5, 5.41) is 4.48. The topological polar surface area (TPSA) is 48.8 Å². The summed E-state index contributed by atoms with van der Waals surface area (Å²) in [5.74, 6) is 1.63. The predicted octanol–water partition coefficient (Wildman–Crippen LogP) is 3.49. The van der Waals surface area contributed by atoms with Gasteiger partial charge in [0.25, 0.3) is 0 Å². The molecule has 27 heavy (non-hydrogen) atoms. The van der Waals surface area contributed by atoms with Crippen molar-refractivity contribution >= 4 is 6.20 Å². The van der Waals surface area contributed by atoms with Gasteiger partial charge >= 0.3 is 0 Å². The number of nitrogens with zero attached hydrogens (tertiary/aromatic N) is 3. The van der Waals surface area contributed by atoms with E-state index in [1.807, 2.05) is 25.3 Å². The number of benzene rings is 1. The molecular formula is C21H29N3O3. The molecule has 3 rings (SSSR count). The number of hydrogen-bond donors (Lipinski definition) is 0. The van der Waals surface area contributed by atoms with Gasteiger partial charge in [-0.25, -0.2) is 4.68 Å². The van der Waals surface area contributed by atoms with Crippen LogP contribution in [-0.2, 0) is 17.8 Å². The molecule has 0 aliphatic carbocycles. The van der Waals surface area contributed by atoms with Gasteiger partial charge in [0, 0.05) is 55.8 Å². The molecule has 1 aliphatic rings. The van der Waals surface area contributed by atoms with Crippen LogP contribution >= 0.6 is 0 Å². The Kier molecular flexibility index (Phi) is 6.53. The number of aromatic nitrogens is 2. The van der Waals surface area contributed by atoms with Gasteiger partial charge in [-0.15, -0.1) is 0 Å². The lowest BCUT2D eigenvalue weighted by atomic mass is 10.1. The maximum atomic E-state index is 5.88. The molecule has 0 saturated carbocycles. The van der Waals surface area contributed by atoms with Crippen LogP contribution in [0.15, 0.2) is 31.0 Å². The van der Waals surface area contributed by atoms with Gasteiger partial charge in [0.05, 0.1) is 26.0 Å². The van der Waals surface area contributed by atoms with Crippen molar-refractivity contribution in [3.8, 4) is 11.5 Å². The molecule has 0 radical (unpaired) electrons. The first-order valence-corrected chi connectivity index (χ1v) is 9.35. The summed E-state index contributed by atoms with van der Waals surface area (Å²) in [6.45, 7) is 9.14. The number of aryl methyl sites for hydroxylation is 1. The van der Waals surface area contributed by atoms with Gasteiger partial charge in [0.15, 0.2) is 0 Å². The lowest BCUT2D eigenvalue weighted by Crippen LogP contribution is -2.31. The minimum absolute atomic E-state index is 0.281. The standard InChI is InChI=1S/C21H29N3O3/c1-5-24-14-18(16(2)22-24)13-23(15-20-7-6-10-27-20)12-17-8-9-19(25-3)11-21(17)26-4/h5,8-9,11,14,20H,1,6-7,10,12-13,15H2,2-4H3. The van der Waals surface area contributed by atoms with Crippen molar-refractivity contribution in [1.82, 2.24) is 14.7 Å². The summed E-state index contributed by atoms with van der Waals surface area (Å²) in [7, 11) is 3.36. The average Bonchev–Trinajstić information content (AvgIpc) is 3.31. The minimum Gasteiger partial charge on any atom is -0.497 e. The van der Waals surface area contributed by atoms with Crippen molar-refractivity contribution in [1.29, 1.82) is 0 Å². The normalized spacial score (nSPS) is 16.7. The molecule has 1 aromatic carbocycles. The highest BCUT2D eigenvalue weighted by Crippen LogP contribution is 2.27. The van der Waals surface area contributed by atoms with Gasteiger partial charge in [-0.2, -0.15) is 5.10 Å². The average molecular weight is 371 g/mol. The number of rotatable bonds is 9. The maximum absolute atomic E-state index is 5.88. The Morgan fingerprint density at radius 3 is 2.74 bits per heavy atom. The van der Waals surface area contributed by atoms with Crippen molar-refractivity contribution in [2.75, 3.05) is 27.4 Å². The number of methoxy groups -OCH3 is 2. The zero-order valence-electron chi connectivity index (χ0n) is 16.5. The zero-order chi connectivity index (χ0) is 19.2. The van der Waals surface area contributed by atoms with Crippen LogP contribution in [0.4, 0.5) is 0 Å². The van der Waals surface area contributed by atoms with E-state index < -0.39 is 0 Å². The van der Waals surface area contributed by atoms with Crippen LogP contribution in [0.1, 0.15) is 29.7 Å². The van der Waals surface area contributed by atoms with Gasteiger partial charge < -0.3 is 14.2 Å².